The van der Waals surface area contributed by atoms with Gasteiger partial charge in [-0.3, -0.25) is 0 Å². The molecule has 1 aromatic carbocycles. The van der Waals surface area contributed by atoms with Crippen molar-refractivity contribution in [3.63, 3.8) is 0 Å². The van der Waals surface area contributed by atoms with E-state index in [9.17, 15) is 9.59 Å². The monoisotopic (exact) mass is 502 g/mol. The van der Waals surface area contributed by atoms with Gasteiger partial charge in [-0.25, -0.2) is 9.59 Å². The summed E-state index contributed by atoms with van der Waals surface area (Å²) in [6.45, 7) is 13.8. The van der Waals surface area contributed by atoms with E-state index in [1.165, 1.54) is 31.2 Å². The van der Waals surface area contributed by atoms with Crippen LogP contribution in [-0.4, -0.2) is 60.4 Å². The maximum absolute atomic E-state index is 12.3. The minimum Gasteiger partial charge on any atom is -0.482 e. The molecule has 1 N–H and O–H groups in total. The van der Waals surface area contributed by atoms with Crippen LogP contribution >= 0.6 is 0 Å². The molecule has 1 aliphatic heterocycles. The molecule has 1 saturated heterocycles. The quantitative estimate of drug-likeness (QED) is 0.484. The first-order valence-electron chi connectivity index (χ1n) is 13.5. The number of rotatable bonds is 7. The molecule has 1 saturated carbocycles. The van der Waals surface area contributed by atoms with Gasteiger partial charge in [-0.15, -0.1) is 0 Å². The number of esters is 1. The third kappa shape index (κ3) is 9.64. The molecule has 3 rings (SSSR count). The number of hydrogen-bond acceptors (Lipinski definition) is 6. The Morgan fingerprint density at radius 2 is 1.44 bits per heavy atom. The maximum atomic E-state index is 12.3. The van der Waals surface area contributed by atoms with Crippen molar-refractivity contribution in [2.24, 2.45) is 5.92 Å². The molecule has 0 radical (unpaired) electrons. The number of carbonyl (C=O) groups excluding carboxylic acids is 2. The lowest BCUT2D eigenvalue weighted by Gasteiger charge is -2.35. The number of benzene rings is 1. The summed E-state index contributed by atoms with van der Waals surface area (Å²) in [6, 6.07) is 8.73. The van der Waals surface area contributed by atoms with E-state index in [-0.39, 0.29) is 18.7 Å². The van der Waals surface area contributed by atoms with Crippen LogP contribution in [0.25, 0.3) is 0 Å². The minimum absolute atomic E-state index is 0.0760. The van der Waals surface area contributed by atoms with Gasteiger partial charge in [0.25, 0.3) is 0 Å². The van der Waals surface area contributed by atoms with Crippen LogP contribution in [0.5, 0.6) is 5.75 Å². The summed E-state index contributed by atoms with van der Waals surface area (Å²) < 4.78 is 16.4. The van der Waals surface area contributed by atoms with Gasteiger partial charge in [0.2, 0.25) is 0 Å². The Morgan fingerprint density at radius 1 is 0.861 bits per heavy atom. The van der Waals surface area contributed by atoms with E-state index in [2.05, 4.69) is 17.4 Å². The fourth-order valence-corrected chi connectivity index (χ4v) is 4.96. The number of ether oxygens (including phenoxy) is 3. The molecule has 0 spiro atoms. The Hall–Kier alpha value is -2.28. The van der Waals surface area contributed by atoms with Gasteiger partial charge in [0.15, 0.2) is 6.61 Å². The first-order valence-corrected chi connectivity index (χ1v) is 13.5. The molecule has 7 heteroatoms. The van der Waals surface area contributed by atoms with Crippen LogP contribution in [0.15, 0.2) is 24.3 Å². The Bertz CT molecular complexity index is 840. The third-order valence-corrected chi connectivity index (χ3v) is 6.82. The molecule has 1 amide bonds. The zero-order chi connectivity index (χ0) is 26.3. The Labute approximate surface area is 217 Å². The summed E-state index contributed by atoms with van der Waals surface area (Å²) >= 11 is 0. The second-order valence-corrected chi connectivity index (χ2v) is 12.3. The van der Waals surface area contributed by atoms with Gasteiger partial charge in [-0.2, -0.15) is 0 Å². The van der Waals surface area contributed by atoms with Gasteiger partial charge in [-0.05, 0) is 116 Å². The molecule has 2 fully saturated rings. The molecule has 2 aliphatic rings. The van der Waals surface area contributed by atoms with Crippen molar-refractivity contribution in [1.82, 2.24) is 10.2 Å². The average molecular weight is 503 g/mol. The van der Waals surface area contributed by atoms with Crippen LogP contribution in [0.2, 0.25) is 0 Å². The van der Waals surface area contributed by atoms with Crippen LogP contribution in [0.3, 0.4) is 0 Å². The normalized spacial score (nSPS) is 21.7. The van der Waals surface area contributed by atoms with Crippen molar-refractivity contribution in [2.45, 2.75) is 103 Å². The zero-order valence-corrected chi connectivity index (χ0v) is 23.1. The SMILES string of the molecule is CC(C)(C)OC(=O)COc1ccc(C2CCC(NCC3CCN(C(=O)OC(C)(C)C)CC3)CC2)cc1. The molecule has 0 aromatic heterocycles. The van der Waals surface area contributed by atoms with Gasteiger partial charge < -0.3 is 24.4 Å². The number of amides is 1. The van der Waals surface area contributed by atoms with Crippen LogP contribution in [0.4, 0.5) is 4.79 Å². The van der Waals surface area contributed by atoms with Gasteiger partial charge >= 0.3 is 12.1 Å². The second kappa shape index (κ2) is 12.3. The fraction of sp³-hybridized carbons (Fsp3) is 0.724. The molecule has 1 aromatic rings. The highest BCUT2D eigenvalue weighted by Crippen LogP contribution is 2.34. The summed E-state index contributed by atoms with van der Waals surface area (Å²) in [6.07, 6.45) is 6.58. The lowest BCUT2D eigenvalue weighted by atomic mass is 9.81. The third-order valence-electron chi connectivity index (χ3n) is 6.82. The Balaban J connectivity index is 1.33. The van der Waals surface area contributed by atoms with Gasteiger partial charge in [0.1, 0.15) is 17.0 Å². The molecular formula is C29H46N2O5. The highest BCUT2D eigenvalue weighted by atomic mass is 16.6. The largest absolute Gasteiger partial charge is 0.482 e. The smallest absolute Gasteiger partial charge is 0.410 e. The fourth-order valence-electron chi connectivity index (χ4n) is 4.96. The van der Waals surface area contributed by atoms with E-state index in [0.29, 0.717) is 23.6 Å². The molecule has 0 atom stereocenters. The highest BCUT2D eigenvalue weighted by Gasteiger charge is 2.28. The van der Waals surface area contributed by atoms with Crippen LogP contribution in [-0.2, 0) is 14.3 Å². The molecule has 36 heavy (non-hydrogen) atoms. The van der Waals surface area contributed by atoms with Crippen molar-refractivity contribution in [1.29, 1.82) is 0 Å². The predicted octanol–water partition coefficient (Wildman–Crippen LogP) is 5.67. The first kappa shape index (κ1) is 28.3. The summed E-state index contributed by atoms with van der Waals surface area (Å²) in [5.41, 5.74) is 0.399. The zero-order valence-electron chi connectivity index (χ0n) is 23.1. The molecule has 202 valence electrons. The lowest BCUT2D eigenvalue weighted by molar-refractivity contribution is -0.157. The number of likely N-dealkylation sites (tertiary alicyclic amines) is 1. The minimum atomic E-state index is -0.503. The number of hydrogen-bond donors (Lipinski definition) is 1. The topological polar surface area (TPSA) is 77.1 Å². The van der Waals surface area contributed by atoms with E-state index in [1.54, 1.807) is 0 Å². The standard InChI is InChI=1S/C29H46N2O5/c1-28(2,3)35-26(32)20-34-25-13-9-23(10-14-25)22-7-11-24(12-8-22)30-19-21-15-17-31(18-16-21)27(33)36-29(4,5)6/h9-10,13-14,21-22,24,30H,7-8,11-12,15-20H2,1-6H3. The summed E-state index contributed by atoms with van der Waals surface area (Å²) in [4.78, 5) is 26.0. The van der Waals surface area contributed by atoms with E-state index in [0.717, 1.165) is 32.5 Å². The van der Waals surface area contributed by atoms with E-state index < -0.39 is 11.2 Å². The average Bonchev–Trinajstić information content (AvgIpc) is 2.80. The predicted molar refractivity (Wildman–Crippen MR) is 141 cm³/mol. The molecule has 0 bridgehead atoms. The summed E-state index contributed by atoms with van der Waals surface area (Å²) in [7, 11) is 0. The molecule has 0 unspecified atom stereocenters. The number of carbonyl (C=O) groups is 2. The molecule has 1 aliphatic carbocycles. The Morgan fingerprint density at radius 3 is 2.00 bits per heavy atom. The van der Waals surface area contributed by atoms with Crippen LogP contribution in [0, 0.1) is 5.92 Å². The van der Waals surface area contributed by atoms with Gasteiger partial charge in [0.05, 0.1) is 0 Å². The van der Waals surface area contributed by atoms with Gasteiger partial charge in [0, 0.05) is 19.1 Å². The first-order chi connectivity index (χ1) is 16.9. The van der Waals surface area contributed by atoms with Crippen LogP contribution < -0.4 is 10.1 Å². The van der Waals surface area contributed by atoms with Gasteiger partial charge in [-0.1, -0.05) is 12.1 Å². The lowest BCUT2D eigenvalue weighted by Crippen LogP contribution is -2.44. The number of piperidine rings is 1. The highest BCUT2D eigenvalue weighted by molar-refractivity contribution is 5.71. The Kier molecular flexibility index (Phi) is 9.67. The van der Waals surface area contributed by atoms with Crippen molar-refractivity contribution in [2.75, 3.05) is 26.2 Å². The van der Waals surface area contributed by atoms with Crippen molar-refractivity contribution in [3.8, 4) is 5.75 Å². The second-order valence-electron chi connectivity index (χ2n) is 12.3. The van der Waals surface area contributed by atoms with E-state index in [1.807, 2.05) is 58.6 Å². The summed E-state index contributed by atoms with van der Waals surface area (Å²) in [5, 5.41) is 3.80. The van der Waals surface area contributed by atoms with Crippen molar-refractivity contribution >= 4 is 12.1 Å². The van der Waals surface area contributed by atoms with E-state index >= 15 is 0 Å². The van der Waals surface area contributed by atoms with Crippen molar-refractivity contribution < 1.29 is 23.8 Å². The molecule has 7 nitrogen and oxygen atoms in total. The molecular weight excluding hydrogens is 456 g/mol. The van der Waals surface area contributed by atoms with Crippen LogP contribution in [0.1, 0.15) is 91.5 Å². The maximum Gasteiger partial charge on any atom is 0.410 e. The number of nitrogens with zero attached hydrogens (tertiary/aromatic N) is 1. The van der Waals surface area contributed by atoms with E-state index in [4.69, 9.17) is 14.2 Å². The molecule has 1 heterocycles. The van der Waals surface area contributed by atoms with Crippen molar-refractivity contribution in [3.05, 3.63) is 29.8 Å². The summed E-state index contributed by atoms with van der Waals surface area (Å²) in [5.74, 6) is 1.53. The number of nitrogens with one attached hydrogen (secondary N) is 1.